The lowest BCUT2D eigenvalue weighted by Crippen LogP contribution is -2.66. The number of morpholine rings is 1. The third-order valence-electron chi connectivity index (χ3n) is 7.52. The first-order valence-corrected chi connectivity index (χ1v) is 14.3. The van der Waals surface area contributed by atoms with Crippen LogP contribution in [0.25, 0.3) is 0 Å². The molecule has 3 atom stereocenters. The van der Waals surface area contributed by atoms with E-state index in [2.05, 4.69) is 4.74 Å². The molecule has 6 rings (SSSR count). The van der Waals surface area contributed by atoms with Crippen LogP contribution in [0.3, 0.4) is 0 Å². The third-order valence-corrected chi connectivity index (χ3v) is 8.64. The van der Waals surface area contributed by atoms with E-state index in [0.29, 0.717) is 5.56 Å². The smallest absolute Gasteiger partial charge is 0.466 e. The predicted molar refractivity (Wildman–Crippen MR) is 147 cm³/mol. The number of thioether (sulfide) groups is 1. The molecule has 0 bridgehead atoms. The zero-order valence-electron chi connectivity index (χ0n) is 23.0. The summed E-state index contributed by atoms with van der Waals surface area (Å²) in [5, 5.41) is 1.74. The Morgan fingerprint density at radius 2 is 1.88 bits per heavy atom. The minimum Gasteiger partial charge on any atom is -0.466 e. The Kier molecular flexibility index (Phi) is 7.56. The molecule has 43 heavy (non-hydrogen) atoms. The fraction of sp³-hybridized carbons (Fsp3) is 0.310. The fourth-order valence-corrected chi connectivity index (χ4v) is 6.65. The van der Waals surface area contributed by atoms with E-state index in [-0.39, 0.29) is 36.8 Å². The summed E-state index contributed by atoms with van der Waals surface area (Å²) in [6.45, 7) is 1.67. The van der Waals surface area contributed by atoms with Crippen molar-refractivity contribution in [2.24, 2.45) is 0 Å². The van der Waals surface area contributed by atoms with Crippen molar-refractivity contribution in [1.82, 2.24) is 9.58 Å². The number of ether oxygens (including phenoxy) is 4. The number of nitrogens with zero attached hydrogens (tertiary/aromatic N) is 3. The molecule has 0 aliphatic carbocycles. The largest absolute Gasteiger partial charge is 0.514 e. The van der Waals surface area contributed by atoms with Gasteiger partial charge < -0.3 is 23.8 Å². The van der Waals surface area contributed by atoms with Crippen molar-refractivity contribution in [1.29, 1.82) is 0 Å². The Bertz CT molecular complexity index is 1700. The van der Waals surface area contributed by atoms with Gasteiger partial charge in [-0.1, -0.05) is 24.3 Å². The third kappa shape index (κ3) is 4.89. The number of hydrogen-bond donors (Lipinski definition) is 0. The number of pyridine rings is 1. The van der Waals surface area contributed by atoms with E-state index < -0.39 is 59.2 Å². The monoisotopic (exact) mass is 613 g/mol. The van der Waals surface area contributed by atoms with E-state index in [9.17, 15) is 23.6 Å². The highest BCUT2D eigenvalue weighted by molar-refractivity contribution is 7.98. The molecule has 3 aromatic rings. The van der Waals surface area contributed by atoms with Gasteiger partial charge in [-0.15, -0.1) is 11.8 Å². The van der Waals surface area contributed by atoms with Crippen LogP contribution in [0.15, 0.2) is 58.4 Å². The van der Waals surface area contributed by atoms with Crippen LogP contribution in [0, 0.1) is 11.6 Å². The number of aromatic nitrogens is 1. The molecule has 1 aromatic heterocycles. The fourth-order valence-electron chi connectivity index (χ4n) is 5.53. The van der Waals surface area contributed by atoms with Gasteiger partial charge in [-0.05, 0) is 30.2 Å². The molecule has 0 unspecified atom stereocenters. The summed E-state index contributed by atoms with van der Waals surface area (Å²) in [5.41, 5.74) is 0.280. The molecule has 14 heteroatoms. The molecule has 11 nitrogen and oxygen atoms in total. The summed E-state index contributed by atoms with van der Waals surface area (Å²) in [6, 6.07) is 10.3. The lowest BCUT2D eigenvalue weighted by atomic mass is 9.93. The topological polar surface area (TPSA) is 117 Å². The van der Waals surface area contributed by atoms with Gasteiger partial charge in [0.2, 0.25) is 11.2 Å². The van der Waals surface area contributed by atoms with Gasteiger partial charge in [0.15, 0.2) is 23.4 Å². The molecule has 4 heterocycles. The van der Waals surface area contributed by atoms with Gasteiger partial charge in [0.25, 0.3) is 5.91 Å². The molecule has 0 spiro atoms. The summed E-state index contributed by atoms with van der Waals surface area (Å²) >= 11 is 1.35. The quantitative estimate of drug-likeness (QED) is 0.406. The van der Waals surface area contributed by atoms with Gasteiger partial charge in [-0.25, -0.2) is 18.4 Å². The average Bonchev–Trinajstić information content (AvgIpc) is 3.17. The number of esters is 1. The van der Waals surface area contributed by atoms with Crippen LogP contribution in [-0.2, 0) is 24.8 Å². The number of benzene rings is 2. The lowest BCUT2D eigenvalue weighted by Gasteiger charge is -2.51. The molecule has 224 valence electrons. The van der Waals surface area contributed by atoms with E-state index in [1.54, 1.807) is 5.01 Å². The van der Waals surface area contributed by atoms with E-state index in [1.165, 1.54) is 40.5 Å². The Hall–Kier alpha value is -4.43. The first-order valence-electron chi connectivity index (χ1n) is 13.3. The zero-order chi connectivity index (χ0) is 30.4. The molecular weight excluding hydrogens is 588 g/mol. The zero-order valence-corrected chi connectivity index (χ0v) is 23.8. The van der Waals surface area contributed by atoms with E-state index >= 15 is 4.39 Å². The minimum atomic E-state index is -1.40. The normalized spacial score (nSPS) is 19.7. The number of carbonyl (C=O) groups is 3. The van der Waals surface area contributed by atoms with Crippen LogP contribution < -0.4 is 15.2 Å². The number of carbonyl (C=O) groups excluding carboxylic acids is 3. The Morgan fingerprint density at radius 1 is 1.09 bits per heavy atom. The summed E-state index contributed by atoms with van der Waals surface area (Å²) in [5.74, 6) is -3.90. The molecule has 3 aliphatic heterocycles. The van der Waals surface area contributed by atoms with Gasteiger partial charge in [0, 0.05) is 35.0 Å². The van der Waals surface area contributed by atoms with Crippen LogP contribution in [0.1, 0.15) is 40.1 Å². The van der Waals surface area contributed by atoms with Gasteiger partial charge in [-0.2, -0.15) is 0 Å². The molecule has 2 aromatic carbocycles. The summed E-state index contributed by atoms with van der Waals surface area (Å²) in [7, 11) is 1.11. The van der Waals surface area contributed by atoms with Crippen LogP contribution in [0.5, 0.6) is 5.75 Å². The number of methoxy groups -OCH3 is 1. The molecule has 0 radical (unpaired) electrons. The molecule has 1 fully saturated rings. The van der Waals surface area contributed by atoms with Gasteiger partial charge in [0.1, 0.15) is 6.17 Å². The van der Waals surface area contributed by atoms with E-state index in [1.807, 2.05) is 24.3 Å². The van der Waals surface area contributed by atoms with Crippen molar-refractivity contribution >= 4 is 29.8 Å². The lowest BCUT2D eigenvalue weighted by molar-refractivity contribution is -0.150. The first-order chi connectivity index (χ1) is 20.7. The second kappa shape index (κ2) is 11.3. The molecule has 0 saturated carbocycles. The highest BCUT2D eigenvalue weighted by Crippen LogP contribution is 2.45. The average molecular weight is 614 g/mol. The Balaban J connectivity index is 1.55. The number of amides is 1. The highest BCUT2D eigenvalue weighted by Gasteiger charge is 2.46. The predicted octanol–water partition coefficient (Wildman–Crippen LogP) is 3.35. The molecule has 0 N–H and O–H groups in total. The van der Waals surface area contributed by atoms with Crippen molar-refractivity contribution < 1.29 is 42.1 Å². The van der Waals surface area contributed by atoms with Gasteiger partial charge >= 0.3 is 12.1 Å². The maximum atomic E-state index is 15.3. The second-order valence-corrected chi connectivity index (χ2v) is 10.9. The molecule has 1 saturated heterocycles. The van der Waals surface area contributed by atoms with Crippen molar-refractivity contribution in [3.8, 4) is 5.75 Å². The van der Waals surface area contributed by atoms with Crippen LogP contribution >= 0.6 is 11.8 Å². The molecular formula is C29H25F2N3O8S. The first kappa shape index (κ1) is 28.7. The molecule has 3 aliphatic rings. The summed E-state index contributed by atoms with van der Waals surface area (Å²) in [4.78, 5) is 53.7. The highest BCUT2D eigenvalue weighted by atomic mass is 32.2. The minimum absolute atomic E-state index is 0.0665. The van der Waals surface area contributed by atoms with Crippen molar-refractivity contribution in [2.45, 2.75) is 35.9 Å². The van der Waals surface area contributed by atoms with Crippen molar-refractivity contribution in [3.05, 3.63) is 92.9 Å². The summed E-state index contributed by atoms with van der Waals surface area (Å²) in [6.07, 6.45) is -2.12. The van der Waals surface area contributed by atoms with Crippen molar-refractivity contribution in [3.63, 3.8) is 0 Å². The van der Waals surface area contributed by atoms with Crippen LogP contribution in [0.4, 0.5) is 13.6 Å². The van der Waals surface area contributed by atoms with E-state index in [0.717, 1.165) is 29.7 Å². The van der Waals surface area contributed by atoms with Gasteiger partial charge in [-0.3, -0.25) is 19.3 Å². The number of fused-ring (bicyclic) bond motifs is 4. The number of halogens is 2. The number of hydrogen-bond acceptors (Lipinski definition) is 10. The SMILES string of the molecule is COC(=O)[C@H](C)OC(=O)Oc1c2n(ccc1=O)N([C@@H]1c3ccccc3SCc3c1ccc(F)c3F)[C@@H]1COCCN1C2=O. The van der Waals surface area contributed by atoms with Gasteiger partial charge in [0.05, 0.1) is 26.4 Å². The Labute approximate surface area is 247 Å². The maximum Gasteiger partial charge on any atom is 0.514 e. The van der Waals surface area contributed by atoms with Crippen LogP contribution in [-0.4, -0.2) is 66.7 Å². The van der Waals surface area contributed by atoms with E-state index in [4.69, 9.17) is 14.2 Å². The number of rotatable bonds is 4. The summed E-state index contributed by atoms with van der Waals surface area (Å²) < 4.78 is 51.7. The van der Waals surface area contributed by atoms with Crippen LogP contribution in [0.2, 0.25) is 0 Å². The standard InChI is InChI=1S/C29H25F2N3O8S/c1-15(28(37)39-2)41-29(38)42-26-20(35)9-10-33-25(26)27(36)32-11-12-40-13-22(32)34(33)24-16-7-8-19(30)23(31)18(16)14-43-21-6-4-3-5-17(21)24/h3-10,15,22,24H,11-14H2,1-2H3/t15-,22+,24-/m0/s1. The van der Waals surface area contributed by atoms with Crippen molar-refractivity contribution in [2.75, 3.05) is 31.9 Å². The second-order valence-electron chi connectivity index (χ2n) is 9.93. The maximum absolute atomic E-state index is 15.3. The molecule has 1 amide bonds. The Morgan fingerprint density at radius 3 is 2.67 bits per heavy atom.